The van der Waals surface area contributed by atoms with Gasteiger partial charge < -0.3 is 14.6 Å². The molecule has 0 spiro atoms. The summed E-state index contributed by atoms with van der Waals surface area (Å²) in [4.78, 5) is 6.83. The number of benzene rings is 1. The average molecular weight is 288 g/mol. The summed E-state index contributed by atoms with van der Waals surface area (Å²) < 4.78 is 10.5. The van der Waals surface area contributed by atoms with E-state index in [9.17, 15) is 0 Å². The van der Waals surface area contributed by atoms with E-state index in [4.69, 9.17) is 9.26 Å². The van der Waals surface area contributed by atoms with Crippen molar-refractivity contribution in [2.45, 2.75) is 19.5 Å². The van der Waals surface area contributed by atoms with Crippen molar-refractivity contribution in [2.24, 2.45) is 0 Å². The molecule has 6 nitrogen and oxygen atoms in total. The number of methoxy groups -OCH3 is 1. The zero-order valence-electron chi connectivity index (χ0n) is 12.4. The molecule has 1 aliphatic heterocycles. The first kappa shape index (κ1) is 14.0. The second-order valence-corrected chi connectivity index (χ2v) is 5.26. The van der Waals surface area contributed by atoms with Crippen molar-refractivity contribution in [3.63, 3.8) is 0 Å². The van der Waals surface area contributed by atoms with Crippen molar-refractivity contribution in [2.75, 3.05) is 26.7 Å². The number of nitrogens with one attached hydrogen (secondary N) is 1. The van der Waals surface area contributed by atoms with Crippen LogP contribution < -0.4 is 10.1 Å². The van der Waals surface area contributed by atoms with E-state index in [2.05, 4.69) is 27.3 Å². The third kappa shape index (κ3) is 3.22. The molecule has 0 saturated carbocycles. The lowest BCUT2D eigenvalue weighted by Gasteiger charge is -2.32. The zero-order chi connectivity index (χ0) is 14.7. The Kier molecular flexibility index (Phi) is 4.17. The van der Waals surface area contributed by atoms with Gasteiger partial charge in [0.2, 0.25) is 11.7 Å². The van der Waals surface area contributed by atoms with E-state index in [0.29, 0.717) is 24.3 Å². The molecule has 1 N–H and O–H groups in total. The van der Waals surface area contributed by atoms with Gasteiger partial charge in [-0.2, -0.15) is 4.98 Å². The molecule has 2 heterocycles. The Morgan fingerprint density at radius 1 is 1.38 bits per heavy atom. The van der Waals surface area contributed by atoms with Crippen LogP contribution in [0, 0.1) is 0 Å². The van der Waals surface area contributed by atoms with Crippen LogP contribution in [0.4, 0.5) is 0 Å². The normalized spacial score (nSPS) is 19.6. The van der Waals surface area contributed by atoms with Gasteiger partial charge in [0.25, 0.3) is 0 Å². The van der Waals surface area contributed by atoms with Crippen LogP contribution in [-0.2, 0) is 6.54 Å². The Labute approximate surface area is 124 Å². The maximum absolute atomic E-state index is 5.37. The Balaban J connectivity index is 1.70. The van der Waals surface area contributed by atoms with E-state index in [-0.39, 0.29) is 0 Å². The second-order valence-electron chi connectivity index (χ2n) is 5.26. The third-order valence-electron chi connectivity index (χ3n) is 3.79. The predicted octanol–water partition coefficient (Wildman–Crippen LogP) is 1.54. The summed E-state index contributed by atoms with van der Waals surface area (Å²) in [6.07, 6.45) is 0. The Morgan fingerprint density at radius 2 is 2.19 bits per heavy atom. The van der Waals surface area contributed by atoms with Crippen LogP contribution in [0.1, 0.15) is 12.8 Å². The fourth-order valence-electron chi connectivity index (χ4n) is 2.47. The topological polar surface area (TPSA) is 63.4 Å². The SMILES string of the molecule is COc1ccc(-c2noc(CN3CCNC[C@@H]3C)n2)cc1. The van der Waals surface area contributed by atoms with Gasteiger partial charge in [-0.1, -0.05) is 5.16 Å². The molecule has 21 heavy (non-hydrogen) atoms. The van der Waals surface area contributed by atoms with Crippen LogP contribution in [0.15, 0.2) is 28.8 Å². The highest BCUT2D eigenvalue weighted by Gasteiger charge is 2.20. The van der Waals surface area contributed by atoms with Crippen LogP contribution in [0.25, 0.3) is 11.4 Å². The molecule has 0 bridgehead atoms. The number of nitrogens with zero attached hydrogens (tertiary/aromatic N) is 3. The van der Waals surface area contributed by atoms with Gasteiger partial charge in [-0.3, -0.25) is 4.90 Å². The van der Waals surface area contributed by atoms with Crippen molar-refractivity contribution in [3.05, 3.63) is 30.2 Å². The lowest BCUT2D eigenvalue weighted by Crippen LogP contribution is -2.49. The zero-order valence-corrected chi connectivity index (χ0v) is 12.4. The number of ether oxygens (including phenoxy) is 1. The van der Waals surface area contributed by atoms with Gasteiger partial charge in [0.1, 0.15) is 5.75 Å². The van der Waals surface area contributed by atoms with Crippen molar-refractivity contribution >= 4 is 0 Å². The van der Waals surface area contributed by atoms with E-state index in [1.165, 1.54) is 0 Å². The second kappa shape index (κ2) is 6.24. The Hall–Kier alpha value is -1.92. The highest BCUT2D eigenvalue weighted by Crippen LogP contribution is 2.20. The summed E-state index contributed by atoms with van der Waals surface area (Å²) in [5.74, 6) is 2.10. The van der Waals surface area contributed by atoms with E-state index < -0.39 is 0 Å². The highest BCUT2D eigenvalue weighted by atomic mass is 16.5. The van der Waals surface area contributed by atoms with Crippen LogP contribution >= 0.6 is 0 Å². The number of piperazine rings is 1. The highest BCUT2D eigenvalue weighted by molar-refractivity contribution is 5.55. The van der Waals surface area contributed by atoms with Crippen LogP contribution in [0.5, 0.6) is 5.75 Å². The number of hydrogen-bond acceptors (Lipinski definition) is 6. The molecule has 0 unspecified atom stereocenters. The van der Waals surface area contributed by atoms with E-state index in [1.54, 1.807) is 7.11 Å². The molecule has 1 fully saturated rings. The smallest absolute Gasteiger partial charge is 0.241 e. The van der Waals surface area contributed by atoms with Gasteiger partial charge in [0.15, 0.2) is 0 Å². The number of aromatic nitrogens is 2. The van der Waals surface area contributed by atoms with Gasteiger partial charge in [-0.05, 0) is 31.2 Å². The Morgan fingerprint density at radius 3 is 2.90 bits per heavy atom. The standard InChI is InChI=1S/C15H20N4O2/c1-11-9-16-7-8-19(11)10-14-17-15(18-21-14)12-3-5-13(20-2)6-4-12/h3-6,11,16H,7-10H2,1-2H3/t11-/m0/s1. The monoisotopic (exact) mass is 288 g/mol. The molecule has 0 aliphatic carbocycles. The van der Waals surface area contributed by atoms with Crippen LogP contribution in [-0.4, -0.2) is 47.8 Å². The molecule has 0 amide bonds. The minimum Gasteiger partial charge on any atom is -0.497 e. The van der Waals surface area contributed by atoms with Crippen LogP contribution in [0.3, 0.4) is 0 Å². The van der Waals surface area contributed by atoms with Gasteiger partial charge in [-0.15, -0.1) is 0 Å². The molecule has 1 atom stereocenters. The molecule has 1 aromatic heterocycles. The fourth-order valence-corrected chi connectivity index (χ4v) is 2.47. The van der Waals surface area contributed by atoms with Crippen LogP contribution in [0.2, 0.25) is 0 Å². The maximum atomic E-state index is 5.37. The van der Waals surface area contributed by atoms with Gasteiger partial charge in [-0.25, -0.2) is 0 Å². The number of rotatable bonds is 4. The summed E-state index contributed by atoms with van der Waals surface area (Å²) in [7, 11) is 1.65. The first-order valence-corrected chi connectivity index (χ1v) is 7.18. The van der Waals surface area contributed by atoms with Crippen molar-refractivity contribution in [1.82, 2.24) is 20.4 Å². The molecule has 3 rings (SSSR count). The summed E-state index contributed by atoms with van der Waals surface area (Å²) in [5, 5.41) is 7.44. The minimum absolute atomic E-state index is 0.482. The summed E-state index contributed by atoms with van der Waals surface area (Å²) >= 11 is 0. The molecule has 112 valence electrons. The predicted molar refractivity (Wildman–Crippen MR) is 79.0 cm³/mol. The first-order chi connectivity index (χ1) is 10.3. The first-order valence-electron chi connectivity index (χ1n) is 7.18. The minimum atomic E-state index is 0.482. The molecule has 2 aromatic rings. The molecule has 1 saturated heterocycles. The van der Waals surface area contributed by atoms with E-state index in [0.717, 1.165) is 30.9 Å². The van der Waals surface area contributed by atoms with Gasteiger partial charge >= 0.3 is 0 Å². The molecule has 6 heteroatoms. The average Bonchev–Trinajstić information content (AvgIpc) is 2.98. The number of hydrogen-bond donors (Lipinski definition) is 1. The molecule has 1 aromatic carbocycles. The molecular formula is C15H20N4O2. The maximum Gasteiger partial charge on any atom is 0.241 e. The molecule has 0 radical (unpaired) electrons. The summed E-state index contributed by atoms with van der Waals surface area (Å²) in [6.45, 7) is 5.91. The van der Waals surface area contributed by atoms with Gasteiger partial charge in [0, 0.05) is 31.2 Å². The van der Waals surface area contributed by atoms with Crippen molar-refractivity contribution in [1.29, 1.82) is 0 Å². The molecule has 1 aliphatic rings. The largest absolute Gasteiger partial charge is 0.497 e. The van der Waals surface area contributed by atoms with Crippen molar-refractivity contribution < 1.29 is 9.26 Å². The quantitative estimate of drug-likeness (QED) is 0.920. The lowest BCUT2D eigenvalue weighted by atomic mass is 10.2. The summed E-state index contributed by atoms with van der Waals surface area (Å²) in [5.41, 5.74) is 0.930. The van der Waals surface area contributed by atoms with Gasteiger partial charge in [0.05, 0.1) is 13.7 Å². The molecular weight excluding hydrogens is 268 g/mol. The lowest BCUT2D eigenvalue weighted by molar-refractivity contribution is 0.146. The van der Waals surface area contributed by atoms with E-state index >= 15 is 0 Å². The van der Waals surface area contributed by atoms with Crippen molar-refractivity contribution in [3.8, 4) is 17.1 Å². The summed E-state index contributed by atoms with van der Waals surface area (Å²) in [6, 6.07) is 8.13. The van der Waals surface area contributed by atoms with E-state index in [1.807, 2.05) is 24.3 Å². The fraction of sp³-hybridized carbons (Fsp3) is 0.467. The third-order valence-corrected chi connectivity index (χ3v) is 3.79. The Bertz CT molecular complexity index is 582.